The molecule has 0 bridgehead atoms. The molecular formula is C22H24ClN7OS2. The number of hydrogen-bond donors (Lipinski definition) is 1. The summed E-state index contributed by atoms with van der Waals surface area (Å²) in [6.07, 6.45) is 9.66. The Labute approximate surface area is 204 Å². The minimum absolute atomic E-state index is 0.0766. The molecule has 4 aromatic rings. The molecule has 0 spiro atoms. The van der Waals surface area contributed by atoms with Crippen LogP contribution in [-0.2, 0) is 6.42 Å². The molecule has 2 atom stereocenters. The second-order valence-electron chi connectivity index (χ2n) is 8.76. The summed E-state index contributed by atoms with van der Waals surface area (Å²) in [6.45, 7) is 4.41. The highest BCUT2D eigenvalue weighted by Gasteiger charge is 2.29. The molecule has 0 aliphatic heterocycles. The van der Waals surface area contributed by atoms with Crippen molar-refractivity contribution in [2.75, 3.05) is 0 Å². The predicted octanol–water partition coefficient (Wildman–Crippen LogP) is 5.17. The summed E-state index contributed by atoms with van der Waals surface area (Å²) in [6, 6.07) is 2.40. The maximum atomic E-state index is 12.7. The van der Waals surface area contributed by atoms with Crippen LogP contribution in [-0.4, -0.2) is 40.8 Å². The van der Waals surface area contributed by atoms with Crippen molar-refractivity contribution in [3.63, 3.8) is 0 Å². The van der Waals surface area contributed by atoms with Crippen molar-refractivity contribution < 1.29 is 4.79 Å². The zero-order chi connectivity index (χ0) is 22.9. The summed E-state index contributed by atoms with van der Waals surface area (Å²) in [5.41, 5.74) is 2.76. The first-order valence-electron chi connectivity index (χ1n) is 11.0. The Kier molecular flexibility index (Phi) is 6.40. The van der Waals surface area contributed by atoms with E-state index in [1.54, 1.807) is 6.33 Å². The van der Waals surface area contributed by atoms with E-state index in [-0.39, 0.29) is 18.0 Å². The number of carbonyl (C=O) groups excluding carboxylic acids is 1. The molecule has 1 unspecified atom stereocenters. The number of aromatic nitrogens is 6. The summed E-state index contributed by atoms with van der Waals surface area (Å²) in [5.74, 6) is 1.39. The SMILES string of the molecule is CC(C)Cc1nc2cnc(-c3ncns3)cc2n1C1CCC[C@H](NC(=O)c2ncc(Cl)s2)C1. The number of thiazole rings is 1. The van der Waals surface area contributed by atoms with Crippen molar-refractivity contribution in [2.24, 2.45) is 5.92 Å². The number of carbonyl (C=O) groups is 1. The second kappa shape index (κ2) is 9.44. The molecule has 0 saturated heterocycles. The molecule has 11 heteroatoms. The molecule has 1 N–H and O–H groups in total. The Morgan fingerprint density at radius 2 is 2.15 bits per heavy atom. The van der Waals surface area contributed by atoms with Gasteiger partial charge in [0, 0.05) is 18.5 Å². The molecule has 1 aliphatic carbocycles. The Hall–Kier alpha value is -2.43. The van der Waals surface area contributed by atoms with E-state index in [9.17, 15) is 4.79 Å². The van der Waals surface area contributed by atoms with Gasteiger partial charge in [0.2, 0.25) is 0 Å². The van der Waals surface area contributed by atoms with Gasteiger partial charge in [-0.15, -0.1) is 0 Å². The molecule has 0 aromatic carbocycles. The van der Waals surface area contributed by atoms with Crippen molar-refractivity contribution in [1.29, 1.82) is 0 Å². The molecule has 33 heavy (non-hydrogen) atoms. The van der Waals surface area contributed by atoms with Crippen LogP contribution in [0.2, 0.25) is 4.34 Å². The normalized spacial score (nSPS) is 18.8. The van der Waals surface area contributed by atoms with Gasteiger partial charge in [0.15, 0.2) is 10.0 Å². The summed E-state index contributed by atoms with van der Waals surface area (Å²) in [7, 11) is 0. The smallest absolute Gasteiger partial charge is 0.280 e. The molecule has 1 aliphatic rings. The average molecular weight is 502 g/mol. The number of hydrogen-bond acceptors (Lipinski definition) is 8. The van der Waals surface area contributed by atoms with Gasteiger partial charge in [-0.1, -0.05) is 36.8 Å². The lowest BCUT2D eigenvalue weighted by Crippen LogP contribution is -2.39. The van der Waals surface area contributed by atoms with E-state index in [0.717, 1.165) is 59.7 Å². The molecular weight excluding hydrogens is 478 g/mol. The van der Waals surface area contributed by atoms with Gasteiger partial charge in [-0.2, -0.15) is 4.37 Å². The van der Waals surface area contributed by atoms with Crippen molar-refractivity contribution in [1.82, 2.24) is 34.2 Å². The highest BCUT2D eigenvalue weighted by atomic mass is 35.5. The first kappa shape index (κ1) is 22.4. The summed E-state index contributed by atoms with van der Waals surface area (Å²) < 4.78 is 7.01. The van der Waals surface area contributed by atoms with Gasteiger partial charge >= 0.3 is 0 Å². The third kappa shape index (κ3) is 4.78. The molecule has 5 rings (SSSR count). The Morgan fingerprint density at radius 1 is 1.27 bits per heavy atom. The zero-order valence-electron chi connectivity index (χ0n) is 18.4. The lowest BCUT2D eigenvalue weighted by Gasteiger charge is -2.32. The molecule has 8 nitrogen and oxygen atoms in total. The first-order valence-corrected chi connectivity index (χ1v) is 13.0. The monoisotopic (exact) mass is 501 g/mol. The van der Waals surface area contributed by atoms with Gasteiger partial charge in [0.25, 0.3) is 5.91 Å². The standard InChI is InChI=1S/C22H24ClN7OS2/c1-12(2)6-19-29-16-9-24-15(21-26-11-27-33-21)8-17(16)30(19)14-5-3-4-13(7-14)28-20(31)22-25-10-18(23)32-22/h8-14H,3-7H2,1-2H3,(H,28,31)/t13-,14?/m0/s1. The van der Waals surface area contributed by atoms with Crippen molar-refractivity contribution in [3.05, 3.63) is 40.0 Å². The van der Waals surface area contributed by atoms with Gasteiger partial charge in [-0.05, 0) is 49.2 Å². The molecule has 4 aromatic heterocycles. The van der Waals surface area contributed by atoms with Gasteiger partial charge in [0.05, 0.1) is 17.9 Å². The van der Waals surface area contributed by atoms with Crippen LogP contribution in [0.4, 0.5) is 0 Å². The summed E-state index contributed by atoms with van der Waals surface area (Å²) in [4.78, 5) is 30.6. The van der Waals surface area contributed by atoms with E-state index >= 15 is 0 Å². The molecule has 172 valence electrons. The number of pyridine rings is 1. The number of halogens is 1. The van der Waals surface area contributed by atoms with Gasteiger partial charge in [-0.3, -0.25) is 9.78 Å². The van der Waals surface area contributed by atoms with Gasteiger partial charge < -0.3 is 9.88 Å². The molecule has 1 saturated carbocycles. The van der Waals surface area contributed by atoms with Crippen LogP contribution in [0.15, 0.2) is 24.8 Å². The topological polar surface area (TPSA) is 98.5 Å². The van der Waals surface area contributed by atoms with Crippen molar-refractivity contribution in [2.45, 2.75) is 58.0 Å². The number of fused-ring (bicyclic) bond motifs is 1. The van der Waals surface area contributed by atoms with Gasteiger partial charge in [0.1, 0.15) is 27.7 Å². The Balaban J connectivity index is 1.46. The number of nitrogens with zero attached hydrogens (tertiary/aromatic N) is 6. The fourth-order valence-corrected chi connectivity index (χ4v) is 5.81. The molecule has 1 amide bonds. The quantitative estimate of drug-likeness (QED) is 0.391. The van der Waals surface area contributed by atoms with Gasteiger partial charge in [-0.25, -0.2) is 15.0 Å². The largest absolute Gasteiger partial charge is 0.347 e. The van der Waals surface area contributed by atoms with E-state index < -0.39 is 0 Å². The lowest BCUT2D eigenvalue weighted by atomic mass is 9.90. The number of rotatable bonds is 6. The fourth-order valence-electron chi connectivity index (χ4n) is 4.50. The van der Waals surface area contributed by atoms with E-state index in [4.69, 9.17) is 16.6 Å². The van der Waals surface area contributed by atoms with Crippen LogP contribution in [0.1, 0.15) is 61.2 Å². The second-order valence-corrected chi connectivity index (χ2v) is 11.2. The molecule has 1 fully saturated rings. The molecule has 0 radical (unpaired) electrons. The fraction of sp³-hybridized carbons (Fsp3) is 0.455. The van der Waals surface area contributed by atoms with E-state index in [1.165, 1.54) is 29.1 Å². The first-order chi connectivity index (χ1) is 16.0. The molecule has 4 heterocycles. The van der Waals surface area contributed by atoms with Crippen molar-refractivity contribution >= 4 is 51.4 Å². The minimum Gasteiger partial charge on any atom is -0.347 e. The van der Waals surface area contributed by atoms with Crippen LogP contribution in [0, 0.1) is 5.92 Å². The van der Waals surface area contributed by atoms with Crippen molar-refractivity contribution in [3.8, 4) is 10.7 Å². The van der Waals surface area contributed by atoms with E-state index in [0.29, 0.717) is 15.3 Å². The van der Waals surface area contributed by atoms with Crippen LogP contribution in [0.3, 0.4) is 0 Å². The lowest BCUT2D eigenvalue weighted by molar-refractivity contribution is 0.0920. The van der Waals surface area contributed by atoms with Crippen LogP contribution < -0.4 is 5.32 Å². The summed E-state index contributed by atoms with van der Waals surface area (Å²) >= 11 is 8.49. The average Bonchev–Trinajstić information content (AvgIpc) is 3.52. The zero-order valence-corrected chi connectivity index (χ0v) is 20.8. The highest BCUT2D eigenvalue weighted by molar-refractivity contribution is 7.17. The van der Waals surface area contributed by atoms with Crippen LogP contribution >= 0.6 is 34.5 Å². The Bertz CT molecular complexity index is 1270. The van der Waals surface area contributed by atoms with E-state index in [1.807, 2.05) is 6.20 Å². The minimum atomic E-state index is -0.154. The maximum absolute atomic E-state index is 12.7. The highest BCUT2D eigenvalue weighted by Crippen LogP contribution is 2.35. The third-order valence-electron chi connectivity index (χ3n) is 5.84. The number of nitrogens with one attached hydrogen (secondary N) is 1. The number of amides is 1. The van der Waals surface area contributed by atoms with E-state index in [2.05, 4.69) is 49.1 Å². The Morgan fingerprint density at radius 3 is 2.88 bits per heavy atom. The van der Waals surface area contributed by atoms with Crippen LogP contribution in [0.5, 0.6) is 0 Å². The number of imidazole rings is 1. The van der Waals surface area contributed by atoms with Crippen LogP contribution in [0.25, 0.3) is 21.7 Å². The maximum Gasteiger partial charge on any atom is 0.280 e. The third-order valence-corrected chi connectivity index (χ3v) is 7.64. The summed E-state index contributed by atoms with van der Waals surface area (Å²) in [5, 5.41) is 4.37. The predicted molar refractivity (Wildman–Crippen MR) is 131 cm³/mol.